The summed E-state index contributed by atoms with van der Waals surface area (Å²) < 4.78 is 12.5. The maximum Gasteiger partial charge on any atom is 0.0427 e. The first-order valence-electron chi connectivity index (χ1n) is 3.85. The first-order chi connectivity index (χ1) is 5.45. The molecule has 0 unspecified atom stereocenters. The van der Waals surface area contributed by atoms with E-state index in [4.69, 9.17) is 0 Å². The number of rotatable bonds is 3. The van der Waals surface area contributed by atoms with Gasteiger partial charge in [-0.3, -0.25) is 0 Å². The van der Waals surface area contributed by atoms with Gasteiger partial charge in [-0.25, -0.2) is 5.12 Å². The van der Waals surface area contributed by atoms with E-state index < -0.39 is 0 Å². The second kappa shape index (κ2) is 4.75. The lowest BCUT2D eigenvalue weighted by atomic mass is 10.1. The molecule has 0 saturated heterocycles. The zero-order chi connectivity index (χ0) is 9.72. The van der Waals surface area contributed by atoms with E-state index in [1.165, 1.54) is 7.05 Å². The second-order valence-corrected chi connectivity index (χ2v) is 2.92. The highest BCUT2D eigenvalue weighted by molar-refractivity contribution is 5.28. The normalized spacial score (nSPS) is 13.1. The Labute approximate surface area is 73.8 Å². The van der Waals surface area contributed by atoms with E-state index in [9.17, 15) is 4.48 Å². The molecule has 0 aromatic heterocycles. The van der Waals surface area contributed by atoms with Crippen LogP contribution in [-0.2, 0) is 0 Å². The van der Waals surface area contributed by atoms with Gasteiger partial charge in [-0.2, -0.15) is 0 Å². The van der Waals surface area contributed by atoms with Crippen LogP contribution in [0.4, 0.5) is 4.48 Å². The van der Waals surface area contributed by atoms with Crippen molar-refractivity contribution >= 4 is 0 Å². The summed E-state index contributed by atoms with van der Waals surface area (Å²) in [6, 6.07) is 0. The van der Waals surface area contributed by atoms with E-state index in [1.54, 1.807) is 13.0 Å². The SMILES string of the molecule is C=C(C)/C(C)=C\C=C(/C)N(C)F. The highest BCUT2D eigenvalue weighted by Gasteiger charge is 1.92. The van der Waals surface area contributed by atoms with Gasteiger partial charge in [0.25, 0.3) is 0 Å². The van der Waals surface area contributed by atoms with Crippen molar-refractivity contribution in [2.45, 2.75) is 20.8 Å². The third-order valence-corrected chi connectivity index (χ3v) is 1.73. The standard InChI is InChI=1S/C10H16FN/c1-8(2)9(3)6-7-10(4)12(5)11/h6-7H,1H2,2-5H3/b9-6-,10-7+. The Bertz CT molecular complexity index is 224. The van der Waals surface area contributed by atoms with Gasteiger partial charge in [-0.05, 0) is 32.4 Å². The topological polar surface area (TPSA) is 3.24 Å². The van der Waals surface area contributed by atoms with Gasteiger partial charge in [0.15, 0.2) is 0 Å². The molecule has 0 fully saturated rings. The van der Waals surface area contributed by atoms with Crippen LogP contribution in [0.3, 0.4) is 0 Å². The summed E-state index contributed by atoms with van der Waals surface area (Å²) in [6.45, 7) is 9.36. The van der Waals surface area contributed by atoms with Crippen molar-refractivity contribution in [2.24, 2.45) is 0 Å². The molecule has 0 aromatic carbocycles. The van der Waals surface area contributed by atoms with E-state index in [1.807, 2.05) is 19.9 Å². The maximum absolute atomic E-state index is 12.5. The molecule has 0 atom stereocenters. The Morgan fingerprint density at radius 2 is 1.75 bits per heavy atom. The predicted molar refractivity (Wildman–Crippen MR) is 51.2 cm³/mol. The molecule has 0 aliphatic rings. The Hall–Kier alpha value is -1.05. The molecule has 0 aliphatic carbocycles. The van der Waals surface area contributed by atoms with E-state index in [0.717, 1.165) is 11.1 Å². The lowest BCUT2D eigenvalue weighted by Crippen LogP contribution is -2.01. The smallest absolute Gasteiger partial charge is 0.0427 e. The molecule has 0 rings (SSSR count). The second-order valence-electron chi connectivity index (χ2n) is 2.92. The molecule has 0 N–H and O–H groups in total. The summed E-state index contributed by atoms with van der Waals surface area (Å²) >= 11 is 0. The minimum Gasteiger partial charge on any atom is -0.219 e. The van der Waals surface area contributed by atoms with Crippen LogP contribution in [0.2, 0.25) is 0 Å². The van der Waals surface area contributed by atoms with Crippen LogP contribution < -0.4 is 0 Å². The van der Waals surface area contributed by atoms with Gasteiger partial charge >= 0.3 is 0 Å². The van der Waals surface area contributed by atoms with Crippen molar-refractivity contribution in [1.29, 1.82) is 0 Å². The quantitative estimate of drug-likeness (QED) is 0.463. The van der Waals surface area contributed by atoms with Crippen LogP contribution >= 0.6 is 0 Å². The lowest BCUT2D eigenvalue weighted by molar-refractivity contribution is 0.108. The highest BCUT2D eigenvalue weighted by Crippen LogP contribution is 2.07. The summed E-state index contributed by atoms with van der Waals surface area (Å²) in [6.07, 6.45) is 3.58. The number of nitrogens with zero attached hydrogens (tertiary/aromatic N) is 1. The predicted octanol–water partition coefficient (Wildman–Crippen LogP) is 3.23. The van der Waals surface area contributed by atoms with Crippen LogP contribution in [-0.4, -0.2) is 12.2 Å². The third kappa shape index (κ3) is 3.96. The summed E-state index contributed by atoms with van der Waals surface area (Å²) in [7, 11) is 1.37. The Balaban J connectivity index is 4.38. The molecule has 12 heavy (non-hydrogen) atoms. The molecule has 0 bridgehead atoms. The molecule has 0 aliphatic heterocycles. The van der Waals surface area contributed by atoms with Crippen molar-refractivity contribution in [2.75, 3.05) is 7.05 Å². The van der Waals surface area contributed by atoms with E-state index in [2.05, 4.69) is 6.58 Å². The van der Waals surface area contributed by atoms with E-state index in [-0.39, 0.29) is 0 Å². The Kier molecular flexibility index (Phi) is 4.34. The number of hydrogen-bond donors (Lipinski definition) is 0. The summed E-state index contributed by atoms with van der Waals surface area (Å²) in [5.41, 5.74) is 2.65. The average Bonchev–Trinajstić information content (AvgIpc) is 1.98. The van der Waals surface area contributed by atoms with E-state index in [0.29, 0.717) is 10.8 Å². The lowest BCUT2D eigenvalue weighted by Gasteiger charge is -2.05. The Morgan fingerprint density at radius 1 is 1.25 bits per heavy atom. The number of halogens is 1. The van der Waals surface area contributed by atoms with Crippen LogP contribution in [0, 0.1) is 0 Å². The zero-order valence-corrected chi connectivity index (χ0v) is 8.19. The monoisotopic (exact) mass is 169 g/mol. The van der Waals surface area contributed by atoms with Gasteiger partial charge in [0.05, 0.1) is 0 Å². The summed E-state index contributed by atoms with van der Waals surface area (Å²) in [5, 5.41) is 0.586. The van der Waals surface area contributed by atoms with Gasteiger partial charge in [-0.15, -0.1) is 4.48 Å². The van der Waals surface area contributed by atoms with Gasteiger partial charge in [0.1, 0.15) is 0 Å². The molecule has 0 aromatic rings. The molecule has 0 saturated carbocycles. The molecule has 0 spiro atoms. The van der Waals surface area contributed by atoms with Gasteiger partial charge < -0.3 is 0 Å². The fourth-order valence-electron chi connectivity index (χ4n) is 0.491. The molecule has 0 amide bonds. The van der Waals surface area contributed by atoms with Gasteiger partial charge in [-0.1, -0.05) is 18.2 Å². The van der Waals surface area contributed by atoms with Crippen LogP contribution in [0.15, 0.2) is 35.6 Å². The summed E-state index contributed by atoms with van der Waals surface area (Å²) in [4.78, 5) is 0. The number of hydrogen-bond acceptors (Lipinski definition) is 1. The average molecular weight is 169 g/mol. The van der Waals surface area contributed by atoms with Crippen LogP contribution in [0.1, 0.15) is 20.8 Å². The van der Waals surface area contributed by atoms with Gasteiger partial charge in [0, 0.05) is 12.7 Å². The van der Waals surface area contributed by atoms with Crippen molar-refractivity contribution < 1.29 is 4.48 Å². The fourth-order valence-corrected chi connectivity index (χ4v) is 0.491. The van der Waals surface area contributed by atoms with Gasteiger partial charge in [0.2, 0.25) is 0 Å². The van der Waals surface area contributed by atoms with Crippen molar-refractivity contribution in [3.05, 3.63) is 35.6 Å². The molecule has 2 heteroatoms. The molecular formula is C10H16FN. The molecule has 68 valence electrons. The maximum atomic E-state index is 12.5. The minimum atomic E-state index is 0.579. The third-order valence-electron chi connectivity index (χ3n) is 1.73. The first kappa shape index (κ1) is 11.0. The van der Waals surface area contributed by atoms with Crippen LogP contribution in [0.5, 0.6) is 0 Å². The molecule has 1 nitrogen and oxygen atoms in total. The van der Waals surface area contributed by atoms with Crippen LogP contribution in [0.25, 0.3) is 0 Å². The number of allylic oxidation sites excluding steroid dienone is 5. The molecule has 0 heterocycles. The molecular weight excluding hydrogens is 153 g/mol. The largest absolute Gasteiger partial charge is 0.219 e. The van der Waals surface area contributed by atoms with Crippen molar-refractivity contribution in [3.63, 3.8) is 0 Å². The minimum absolute atomic E-state index is 0.579. The zero-order valence-electron chi connectivity index (χ0n) is 8.19. The first-order valence-corrected chi connectivity index (χ1v) is 3.85. The fraction of sp³-hybridized carbons (Fsp3) is 0.400. The Morgan fingerprint density at radius 3 is 2.08 bits per heavy atom. The highest BCUT2D eigenvalue weighted by atomic mass is 19.2. The summed E-state index contributed by atoms with van der Waals surface area (Å²) in [5.74, 6) is 0. The van der Waals surface area contributed by atoms with Crippen molar-refractivity contribution in [1.82, 2.24) is 5.12 Å². The molecule has 0 radical (unpaired) electrons. The van der Waals surface area contributed by atoms with Crippen molar-refractivity contribution in [3.8, 4) is 0 Å². The van der Waals surface area contributed by atoms with E-state index >= 15 is 0 Å².